The van der Waals surface area contributed by atoms with E-state index in [4.69, 9.17) is 24.5 Å². The van der Waals surface area contributed by atoms with Crippen molar-refractivity contribution in [2.45, 2.75) is 13.0 Å². The van der Waals surface area contributed by atoms with Crippen molar-refractivity contribution in [2.75, 3.05) is 13.7 Å². The van der Waals surface area contributed by atoms with Gasteiger partial charge in [0.2, 0.25) is 0 Å². The maximum Gasteiger partial charge on any atom is 0.414 e. The molecule has 0 radical (unpaired) electrons. The zero-order valence-electron chi connectivity index (χ0n) is 13.7. The van der Waals surface area contributed by atoms with Gasteiger partial charge in [0, 0.05) is 6.54 Å². The molecule has 134 valence electrons. The van der Waals surface area contributed by atoms with Crippen molar-refractivity contribution < 1.29 is 28.9 Å². The zero-order valence-corrected chi connectivity index (χ0v) is 13.7. The SMILES string of the molecule is COc1cccc(CNCCc2ccccc2F)c1.O=C(O)C(=O)O. The Bertz CT molecular complexity index is 693. The molecule has 25 heavy (non-hydrogen) atoms. The van der Waals surface area contributed by atoms with E-state index >= 15 is 0 Å². The number of carbonyl (C=O) groups is 2. The van der Waals surface area contributed by atoms with Gasteiger partial charge in [0.25, 0.3) is 0 Å². The average Bonchev–Trinajstić information content (AvgIpc) is 2.61. The molecule has 0 saturated heterocycles. The molecule has 0 aromatic heterocycles. The minimum absolute atomic E-state index is 0.134. The molecule has 0 aliphatic heterocycles. The van der Waals surface area contributed by atoms with E-state index < -0.39 is 11.9 Å². The van der Waals surface area contributed by atoms with Crippen molar-refractivity contribution in [1.82, 2.24) is 5.32 Å². The third kappa shape index (κ3) is 7.94. The minimum atomic E-state index is -1.82. The number of hydrogen-bond donors (Lipinski definition) is 3. The lowest BCUT2D eigenvalue weighted by molar-refractivity contribution is -0.159. The number of ether oxygens (including phenoxy) is 1. The van der Waals surface area contributed by atoms with Gasteiger partial charge in [-0.2, -0.15) is 0 Å². The predicted molar refractivity (Wildman–Crippen MR) is 90.1 cm³/mol. The molecular weight excluding hydrogens is 329 g/mol. The summed E-state index contributed by atoms with van der Waals surface area (Å²) in [5, 5.41) is 18.1. The van der Waals surface area contributed by atoms with Gasteiger partial charge in [0.05, 0.1) is 7.11 Å². The smallest absolute Gasteiger partial charge is 0.414 e. The number of hydrogen-bond acceptors (Lipinski definition) is 4. The molecule has 2 aromatic rings. The Morgan fingerprint density at radius 2 is 1.76 bits per heavy atom. The van der Waals surface area contributed by atoms with Crippen LogP contribution in [0.15, 0.2) is 48.5 Å². The van der Waals surface area contributed by atoms with Crippen LogP contribution in [0, 0.1) is 5.82 Å². The summed E-state index contributed by atoms with van der Waals surface area (Å²) >= 11 is 0. The lowest BCUT2D eigenvalue weighted by atomic mass is 10.1. The van der Waals surface area contributed by atoms with Gasteiger partial charge in [-0.1, -0.05) is 30.3 Å². The summed E-state index contributed by atoms with van der Waals surface area (Å²) in [4.78, 5) is 18.2. The zero-order chi connectivity index (χ0) is 18.7. The van der Waals surface area contributed by atoms with Crippen LogP contribution in [0.4, 0.5) is 4.39 Å². The molecule has 0 fully saturated rings. The van der Waals surface area contributed by atoms with Crippen LogP contribution in [0.3, 0.4) is 0 Å². The van der Waals surface area contributed by atoms with Crippen LogP contribution >= 0.6 is 0 Å². The Morgan fingerprint density at radius 3 is 2.36 bits per heavy atom. The minimum Gasteiger partial charge on any atom is -0.497 e. The maximum atomic E-state index is 13.4. The summed E-state index contributed by atoms with van der Waals surface area (Å²) in [5.74, 6) is -2.93. The molecule has 0 heterocycles. The fourth-order valence-electron chi connectivity index (χ4n) is 1.94. The molecule has 0 bridgehead atoms. The second-order valence-electron chi connectivity index (χ2n) is 4.98. The molecule has 6 nitrogen and oxygen atoms in total. The molecule has 2 aromatic carbocycles. The van der Waals surface area contributed by atoms with E-state index in [0.717, 1.165) is 30.0 Å². The Balaban J connectivity index is 0.000000450. The van der Waals surface area contributed by atoms with E-state index in [1.54, 1.807) is 13.2 Å². The first-order chi connectivity index (χ1) is 11.9. The fraction of sp³-hybridized carbons (Fsp3) is 0.222. The first kappa shape index (κ1) is 20.1. The summed E-state index contributed by atoms with van der Waals surface area (Å²) in [6.07, 6.45) is 0.691. The standard InChI is InChI=1S/C16H18FNO.C2H2O4/c1-19-15-7-4-5-13(11-15)12-18-10-9-14-6-2-3-8-16(14)17;3-1(4)2(5)6/h2-8,11,18H,9-10,12H2,1H3;(H,3,4)(H,5,6). The Kier molecular flexibility index (Phi) is 8.67. The number of carboxylic acids is 2. The van der Waals surface area contributed by atoms with Gasteiger partial charge in [-0.3, -0.25) is 0 Å². The second-order valence-corrected chi connectivity index (χ2v) is 4.98. The summed E-state index contributed by atoms with van der Waals surface area (Å²) in [7, 11) is 1.66. The highest BCUT2D eigenvalue weighted by molar-refractivity contribution is 6.27. The lowest BCUT2D eigenvalue weighted by Gasteiger charge is -2.07. The molecular formula is C18H20FNO5. The van der Waals surface area contributed by atoms with E-state index in [-0.39, 0.29) is 5.82 Å². The topological polar surface area (TPSA) is 95.9 Å². The van der Waals surface area contributed by atoms with Gasteiger partial charge in [-0.05, 0) is 42.3 Å². The largest absolute Gasteiger partial charge is 0.497 e. The van der Waals surface area contributed by atoms with E-state index in [0.29, 0.717) is 6.42 Å². The molecule has 0 aliphatic rings. The molecule has 0 spiro atoms. The van der Waals surface area contributed by atoms with Crippen LogP contribution in [0.2, 0.25) is 0 Å². The fourth-order valence-corrected chi connectivity index (χ4v) is 1.94. The summed E-state index contributed by atoms with van der Waals surface area (Å²) in [6, 6.07) is 14.8. The third-order valence-electron chi connectivity index (χ3n) is 3.18. The Hall–Kier alpha value is -2.93. The normalized spacial score (nSPS) is 9.68. The van der Waals surface area contributed by atoms with E-state index in [9.17, 15) is 4.39 Å². The lowest BCUT2D eigenvalue weighted by Crippen LogP contribution is -2.17. The van der Waals surface area contributed by atoms with Crippen LogP contribution in [0.1, 0.15) is 11.1 Å². The predicted octanol–water partition coefficient (Wildman–Crippen LogP) is 2.32. The second kappa shape index (κ2) is 10.8. The van der Waals surface area contributed by atoms with E-state index in [2.05, 4.69) is 5.32 Å². The summed E-state index contributed by atoms with van der Waals surface area (Å²) < 4.78 is 18.6. The summed E-state index contributed by atoms with van der Waals surface area (Å²) in [6.45, 7) is 1.50. The van der Waals surface area contributed by atoms with Crippen LogP contribution in [-0.2, 0) is 22.6 Å². The third-order valence-corrected chi connectivity index (χ3v) is 3.18. The van der Waals surface area contributed by atoms with Crippen molar-refractivity contribution in [2.24, 2.45) is 0 Å². The Labute approximate surface area is 144 Å². The number of halogens is 1. The number of carboxylic acid groups (broad SMARTS) is 2. The Morgan fingerprint density at radius 1 is 1.08 bits per heavy atom. The molecule has 0 atom stereocenters. The number of benzene rings is 2. The van der Waals surface area contributed by atoms with Gasteiger partial charge >= 0.3 is 11.9 Å². The van der Waals surface area contributed by atoms with E-state index in [1.165, 1.54) is 6.07 Å². The molecule has 0 unspecified atom stereocenters. The monoisotopic (exact) mass is 349 g/mol. The van der Waals surface area contributed by atoms with E-state index in [1.807, 2.05) is 36.4 Å². The molecule has 2 rings (SSSR count). The van der Waals surface area contributed by atoms with Crippen LogP contribution in [0.5, 0.6) is 5.75 Å². The van der Waals surface area contributed by atoms with Gasteiger partial charge < -0.3 is 20.3 Å². The van der Waals surface area contributed by atoms with Crippen molar-refractivity contribution in [3.63, 3.8) is 0 Å². The first-order valence-electron chi connectivity index (χ1n) is 7.47. The van der Waals surface area contributed by atoms with Gasteiger partial charge in [-0.15, -0.1) is 0 Å². The van der Waals surface area contributed by atoms with Crippen molar-refractivity contribution in [3.8, 4) is 5.75 Å². The van der Waals surface area contributed by atoms with Crippen LogP contribution in [0.25, 0.3) is 0 Å². The van der Waals surface area contributed by atoms with Gasteiger partial charge in [-0.25, -0.2) is 14.0 Å². The highest BCUT2D eigenvalue weighted by Gasteiger charge is 2.04. The number of methoxy groups -OCH3 is 1. The number of aliphatic carboxylic acids is 2. The first-order valence-corrected chi connectivity index (χ1v) is 7.47. The molecule has 3 N–H and O–H groups in total. The molecule has 0 saturated carbocycles. The van der Waals surface area contributed by atoms with Crippen molar-refractivity contribution in [1.29, 1.82) is 0 Å². The number of nitrogens with one attached hydrogen (secondary N) is 1. The average molecular weight is 349 g/mol. The maximum absolute atomic E-state index is 13.4. The van der Waals surface area contributed by atoms with Gasteiger partial charge in [0.1, 0.15) is 11.6 Å². The molecule has 7 heteroatoms. The summed E-state index contributed by atoms with van der Waals surface area (Å²) in [5.41, 5.74) is 1.91. The van der Waals surface area contributed by atoms with Crippen molar-refractivity contribution in [3.05, 3.63) is 65.5 Å². The molecule has 0 amide bonds. The van der Waals surface area contributed by atoms with Gasteiger partial charge in [0.15, 0.2) is 0 Å². The highest BCUT2D eigenvalue weighted by atomic mass is 19.1. The van der Waals surface area contributed by atoms with Crippen molar-refractivity contribution >= 4 is 11.9 Å². The van der Waals surface area contributed by atoms with Crippen LogP contribution < -0.4 is 10.1 Å². The highest BCUT2D eigenvalue weighted by Crippen LogP contribution is 2.12. The molecule has 0 aliphatic carbocycles. The quantitative estimate of drug-likeness (QED) is 0.547. The number of rotatable bonds is 6. The van der Waals surface area contributed by atoms with Crippen LogP contribution in [-0.4, -0.2) is 35.8 Å².